The monoisotopic (exact) mass is 245 g/mol. The smallest absolute Gasteiger partial charge is 0.310 e. The largest absolute Gasteiger partial charge is 0.481 e. The fourth-order valence-corrected chi connectivity index (χ4v) is 2.38. The van der Waals surface area contributed by atoms with Crippen molar-refractivity contribution in [1.29, 1.82) is 0 Å². The van der Waals surface area contributed by atoms with E-state index in [0.717, 1.165) is 0 Å². The quantitative estimate of drug-likeness (QED) is 0.746. The van der Waals surface area contributed by atoms with Crippen LogP contribution in [-0.2, 0) is 14.3 Å². The van der Waals surface area contributed by atoms with Crippen LogP contribution in [0.25, 0.3) is 0 Å². The number of carbonyl (C=O) groups is 1. The van der Waals surface area contributed by atoms with Crippen molar-refractivity contribution in [1.82, 2.24) is 4.90 Å². The van der Waals surface area contributed by atoms with Crippen LogP contribution in [0.4, 0.5) is 0 Å². The lowest BCUT2D eigenvalue weighted by Crippen LogP contribution is -2.50. The van der Waals surface area contributed by atoms with E-state index in [1.807, 2.05) is 7.05 Å². The van der Waals surface area contributed by atoms with Crippen molar-refractivity contribution in [3.63, 3.8) is 0 Å². The number of likely N-dealkylation sites (N-methyl/N-ethyl adjacent to an activating group) is 1. The van der Waals surface area contributed by atoms with Crippen LogP contribution < -0.4 is 0 Å². The average molecular weight is 245 g/mol. The minimum absolute atomic E-state index is 0.0601. The Morgan fingerprint density at radius 2 is 2.18 bits per heavy atom. The summed E-state index contributed by atoms with van der Waals surface area (Å²) in [5.74, 6) is -0.799. The Balaban J connectivity index is 2.71. The van der Waals surface area contributed by atoms with Crippen LogP contribution in [0.5, 0.6) is 0 Å². The zero-order valence-electron chi connectivity index (χ0n) is 11.0. The molecular formula is C12H23NO4. The normalized spacial score (nSPS) is 26.7. The van der Waals surface area contributed by atoms with E-state index in [1.54, 1.807) is 7.11 Å². The van der Waals surface area contributed by atoms with Gasteiger partial charge < -0.3 is 14.6 Å². The first kappa shape index (κ1) is 14.4. The molecule has 5 heteroatoms. The third-order valence-corrected chi connectivity index (χ3v) is 3.52. The minimum Gasteiger partial charge on any atom is -0.481 e. The maximum Gasteiger partial charge on any atom is 0.310 e. The van der Waals surface area contributed by atoms with E-state index >= 15 is 0 Å². The lowest BCUT2D eigenvalue weighted by atomic mass is 9.97. The van der Waals surface area contributed by atoms with Crippen molar-refractivity contribution in [2.24, 2.45) is 11.8 Å². The highest BCUT2D eigenvalue weighted by Crippen LogP contribution is 2.23. The van der Waals surface area contributed by atoms with Crippen molar-refractivity contribution < 1.29 is 19.4 Å². The molecule has 100 valence electrons. The number of ether oxygens (including phenoxy) is 2. The Bertz CT molecular complexity index is 257. The minimum atomic E-state index is -0.778. The summed E-state index contributed by atoms with van der Waals surface area (Å²) in [7, 11) is 3.63. The van der Waals surface area contributed by atoms with E-state index in [1.165, 1.54) is 0 Å². The zero-order chi connectivity index (χ0) is 13.0. The van der Waals surface area contributed by atoms with Gasteiger partial charge in [0.2, 0.25) is 0 Å². The molecule has 3 atom stereocenters. The van der Waals surface area contributed by atoms with E-state index in [0.29, 0.717) is 25.7 Å². The van der Waals surface area contributed by atoms with Crippen LogP contribution in [-0.4, -0.2) is 62.0 Å². The zero-order valence-corrected chi connectivity index (χ0v) is 11.0. The molecule has 0 spiro atoms. The summed E-state index contributed by atoms with van der Waals surface area (Å²) in [6.07, 6.45) is 0. The fourth-order valence-electron chi connectivity index (χ4n) is 2.38. The van der Waals surface area contributed by atoms with Crippen LogP contribution in [0.15, 0.2) is 0 Å². The van der Waals surface area contributed by atoms with Crippen molar-refractivity contribution in [3.05, 3.63) is 0 Å². The molecule has 0 amide bonds. The summed E-state index contributed by atoms with van der Waals surface area (Å²) in [5, 5.41) is 9.14. The molecule has 0 aromatic rings. The molecule has 1 aliphatic rings. The van der Waals surface area contributed by atoms with E-state index in [2.05, 4.69) is 18.7 Å². The van der Waals surface area contributed by atoms with E-state index in [9.17, 15) is 4.79 Å². The molecule has 1 N–H and O–H groups in total. The lowest BCUT2D eigenvalue weighted by molar-refractivity contribution is -0.143. The van der Waals surface area contributed by atoms with Crippen molar-refractivity contribution >= 4 is 5.97 Å². The predicted octanol–water partition coefficient (Wildman–Crippen LogP) is 0.689. The van der Waals surface area contributed by atoms with Gasteiger partial charge in [0, 0.05) is 19.2 Å². The van der Waals surface area contributed by atoms with E-state index in [4.69, 9.17) is 14.6 Å². The second-order valence-electron chi connectivity index (χ2n) is 4.98. The van der Waals surface area contributed by atoms with Crippen LogP contribution in [0.1, 0.15) is 13.8 Å². The molecular weight excluding hydrogens is 222 g/mol. The van der Waals surface area contributed by atoms with Gasteiger partial charge in [-0.1, -0.05) is 13.8 Å². The van der Waals surface area contributed by atoms with Gasteiger partial charge in [0.25, 0.3) is 0 Å². The second-order valence-corrected chi connectivity index (χ2v) is 4.98. The standard InChI is InChI=1S/C12H23NO4/c1-8(2)10(6-16-4)13(3)11-7-17-5-9(11)12(14)15/h8-11H,5-7H2,1-4H3,(H,14,15). The predicted molar refractivity (Wildman–Crippen MR) is 64.0 cm³/mol. The van der Waals surface area contributed by atoms with Crippen molar-refractivity contribution in [2.45, 2.75) is 25.9 Å². The highest BCUT2D eigenvalue weighted by Gasteiger charge is 2.39. The molecule has 0 aromatic carbocycles. The molecule has 1 heterocycles. The summed E-state index contributed by atoms with van der Waals surface area (Å²) in [4.78, 5) is 13.2. The van der Waals surface area contributed by atoms with E-state index < -0.39 is 11.9 Å². The number of aliphatic carboxylic acids is 1. The maximum atomic E-state index is 11.1. The highest BCUT2D eigenvalue weighted by atomic mass is 16.5. The Morgan fingerprint density at radius 3 is 2.65 bits per heavy atom. The number of hydrogen-bond acceptors (Lipinski definition) is 4. The summed E-state index contributed by atoms with van der Waals surface area (Å²) in [6, 6.07) is 0.156. The fraction of sp³-hybridized carbons (Fsp3) is 0.917. The van der Waals surface area contributed by atoms with Crippen molar-refractivity contribution in [3.8, 4) is 0 Å². The molecule has 5 nitrogen and oxygen atoms in total. The Labute approximate surface area is 103 Å². The van der Waals surface area contributed by atoms with Gasteiger partial charge in [-0.05, 0) is 13.0 Å². The molecule has 17 heavy (non-hydrogen) atoms. The van der Waals surface area contributed by atoms with Gasteiger partial charge in [0.1, 0.15) is 0 Å². The van der Waals surface area contributed by atoms with Gasteiger partial charge in [0.05, 0.1) is 25.7 Å². The summed E-state index contributed by atoms with van der Waals surface area (Å²) >= 11 is 0. The second kappa shape index (κ2) is 6.33. The number of rotatable bonds is 6. The first-order valence-electron chi connectivity index (χ1n) is 6.00. The van der Waals surface area contributed by atoms with Gasteiger partial charge in [-0.3, -0.25) is 9.69 Å². The summed E-state index contributed by atoms with van der Waals surface area (Å²) in [6.45, 7) is 5.64. The third-order valence-electron chi connectivity index (χ3n) is 3.52. The average Bonchev–Trinajstić information content (AvgIpc) is 2.73. The summed E-state index contributed by atoms with van der Waals surface area (Å²) in [5.41, 5.74) is 0. The molecule has 0 bridgehead atoms. The number of carboxylic acid groups (broad SMARTS) is 1. The molecule has 0 aromatic heterocycles. The van der Waals surface area contributed by atoms with Gasteiger partial charge in [-0.2, -0.15) is 0 Å². The Hall–Kier alpha value is -0.650. The van der Waals surface area contributed by atoms with Crippen LogP contribution in [0, 0.1) is 11.8 Å². The summed E-state index contributed by atoms with van der Waals surface area (Å²) < 4.78 is 10.5. The SMILES string of the molecule is COCC(C(C)C)N(C)C1COCC1C(=O)O. The first-order chi connectivity index (χ1) is 7.99. The molecule has 0 saturated carbocycles. The molecule has 1 saturated heterocycles. The molecule has 0 aliphatic carbocycles. The number of methoxy groups -OCH3 is 1. The number of nitrogens with zero attached hydrogens (tertiary/aromatic N) is 1. The number of hydrogen-bond donors (Lipinski definition) is 1. The van der Waals surface area contributed by atoms with E-state index in [-0.39, 0.29) is 12.1 Å². The molecule has 0 radical (unpaired) electrons. The molecule has 1 fully saturated rings. The molecule has 1 aliphatic heterocycles. The highest BCUT2D eigenvalue weighted by molar-refractivity contribution is 5.71. The third kappa shape index (κ3) is 3.40. The van der Waals surface area contributed by atoms with Gasteiger partial charge in [-0.25, -0.2) is 0 Å². The lowest BCUT2D eigenvalue weighted by Gasteiger charge is -2.36. The van der Waals surface area contributed by atoms with Crippen LogP contribution in [0.3, 0.4) is 0 Å². The van der Waals surface area contributed by atoms with Gasteiger partial charge >= 0.3 is 5.97 Å². The van der Waals surface area contributed by atoms with Crippen molar-refractivity contribution in [2.75, 3.05) is 34.0 Å². The maximum absolute atomic E-state index is 11.1. The number of carboxylic acids is 1. The van der Waals surface area contributed by atoms with Crippen LogP contribution >= 0.6 is 0 Å². The molecule has 3 unspecified atom stereocenters. The Kier molecular flexibility index (Phi) is 5.36. The topological polar surface area (TPSA) is 59.0 Å². The molecule has 1 rings (SSSR count). The Morgan fingerprint density at radius 1 is 1.53 bits per heavy atom. The van der Waals surface area contributed by atoms with Crippen LogP contribution in [0.2, 0.25) is 0 Å². The first-order valence-corrected chi connectivity index (χ1v) is 6.00. The van der Waals surface area contributed by atoms with Gasteiger partial charge in [0.15, 0.2) is 0 Å². The van der Waals surface area contributed by atoms with Gasteiger partial charge in [-0.15, -0.1) is 0 Å².